The lowest BCUT2D eigenvalue weighted by atomic mass is 10.1. The third-order valence-corrected chi connectivity index (χ3v) is 2.78. The first-order chi connectivity index (χ1) is 10.3. The summed E-state index contributed by atoms with van der Waals surface area (Å²) in [5, 5.41) is 3.92. The SMILES string of the molecule is CC(=Cc1ccccc1)CC=NNC(=O)c1ccccn1. The molecule has 0 aliphatic heterocycles. The molecule has 1 aromatic heterocycles. The average Bonchev–Trinajstić information content (AvgIpc) is 2.53. The van der Waals surface area contributed by atoms with Crippen molar-refractivity contribution in [2.45, 2.75) is 13.3 Å². The minimum Gasteiger partial charge on any atom is -0.266 e. The van der Waals surface area contributed by atoms with Crippen LogP contribution in [0.3, 0.4) is 0 Å². The number of allylic oxidation sites excluding steroid dienone is 1. The fourth-order valence-electron chi connectivity index (χ4n) is 1.74. The number of rotatable bonds is 5. The van der Waals surface area contributed by atoms with Gasteiger partial charge in [0.15, 0.2) is 0 Å². The molecule has 0 aliphatic rings. The predicted molar refractivity (Wildman–Crippen MR) is 84.9 cm³/mol. The molecule has 0 saturated heterocycles. The molecular weight excluding hydrogens is 262 g/mol. The van der Waals surface area contributed by atoms with Crippen LogP contribution in [0.2, 0.25) is 0 Å². The second-order valence-electron chi connectivity index (χ2n) is 4.57. The smallest absolute Gasteiger partial charge is 0.266 e. The molecular formula is C17H17N3O. The van der Waals surface area contributed by atoms with Crippen LogP contribution in [0.1, 0.15) is 29.4 Å². The van der Waals surface area contributed by atoms with E-state index in [1.54, 1.807) is 30.6 Å². The lowest BCUT2D eigenvalue weighted by molar-refractivity contribution is 0.0950. The Morgan fingerprint density at radius 1 is 1.19 bits per heavy atom. The van der Waals surface area contributed by atoms with E-state index >= 15 is 0 Å². The van der Waals surface area contributed by atoms with Crippen LogP contribution in [-0.2, 0) is 0 Å². The zero-order valence-electron chi connectivity index (χ0n) is 11.9. The van der Waals surface area contributed by atoms with Gasteiger partial charge in [0.2, 0.25) is 0 Å². The Labute approximate surface area is 124 Å². The van der Waals surface area contributed by atoms with Gasteiger partial charge in [0.25, 0.3) is 5.91 Å². The van der Waals surface area contributed by atoms with Crippen molar-refractivity contribution in [3.05, 3.63) is 71.6 Å². The number of nitrogens with zero attached hydrogens (tertiary/aromatic N) is 2. The van der Waals surface area contributed by atoms with Gasteiger partial charge >= 0.3 is 0 Å². The second kappa shape index (κ2) is 7.75. The van der Waals surface area contributed by atoms with Crippen LogP contribution in [0, 0.1) is 0 Å². The van der Waals surface area contributed by atoms with Crippen molar-refractivity contribution in [2.75, 3.05) is 0 Å². The van der Waals surface area contributed by atoms with Crippen LogP contribution in [0.25, 0.3) is 6.08 Å². The number of nitrogens with one attached hydrogen (secondary N) is 1. The summed E-state index contributed by atoms with van der Waals surface area (Å²) in [6.07, 6.45) is 6.02. The lowest BCUT2D eigenvalue weighted by Gasteiger charge is -1.99. The van der Waals surface area contributed by atoms with Crippen LogP contribution < -0.4 is 5.43 Å². The molecule has 4 nitrogen and oxygen atoms in total. The summed E-state index contributed by atoms with van der Waals surface area (Å²) in [4.78, 5) is 15.6. The number of pyridine rings is 1. The topological polar surface area (TPSA) is 54.4 Å². The number of aromatic nitrogens is 1. The van der Waals surface area contributed by atoms with E-state index in [9.17, 15) is 4.79 Å². The summed E-state index contributed by atoms with van der Waals surface area (Å²) >= 11 is 0. The van der Waals surface area contributed by atoms with E-state index in [1.165, 1.54) is 0 Å². The number of carbonyl (C=O) groups excluding carboxylic acids is 1. The molecule has 4 heteroatoms. The van der Waals surface area contributed by atoms with Gasteiger partial charge in [-0.2, -0.15) is 5.10 Å². The molecule has 1 aromatic carbocycles. The summed E-state index contributed by atoms with van der Waals surface area (Å²) in [7, 11) is 0. The van der Waals surface area contributed by atoms with Crippen LogP contribution in [0.15, 0.2) is 65.4 Å². The van der Waals surface area contributed by atoms with Crippen molar-refractivity contribution in [3.63, 3.8) is 0 Å². The molecule has 0 spiro atoms. The molecule has 2 rings (SSSR count). The molecule has 0 fully saturated rings. The Hall–Kier alpha value is -2.75. The predicted octanol–water partition coefficient (Wildman–Crippen LogP) is 3.29. The Balaban J connectivity index is 1.83. The van der Waals surface area contributed by atoms with Gasteiger partial charge in [0.05, 0.1) is 0 Å². The fourth-order valence-corrected chi connectivity index (χ4v) is 1.74. The highest BCUT2D eigenvalue weighted by atomic mass is 16.2. The number of hydrazone groups is 1. The molecule has 21 heavy (non-hydrogen) atoms. The minimum absolute atomic E-state index is 0.309. The van der Waals surface area contributed by atoms with E-state index in [1.807, 2.05) is 37.3 Å². The van der Waals surface area contributed by atoms with Crippen molar-refractivity contribution < 1.29 is 4.79 Å². The van der Waals surface area contributed by atoms with Crippen molar-refractivity contribution in [1.29, 1.82) is 0 Å². The van der Waals surface area contributed by atoms with Gasteiger partial charge in [-0.1, -0.05) is 48.0 Å². The third kappa shape index (κ3) is 5.03. The summed E-state index contributed by atoms with van der Waals surface area (Å²) in [6, 6.07) is 15.2. The van der Waals surface area contributed by atoms with Crippen LogP contribution in [-0.4, -0.2) is 17.1 Å². The Morgan fingerprint density at radius 2 is 1.95 bits per heavy atom. The first kappa shape index (κ1) is 14.7. The van der Waals surface area contributed by atoms with Gasteiger partial charge < -0.3 is 0 Å². The van der Waals surface area contributed by atoms with E-state index in [2.05, 4.69) is 21.6 Å². The Kier molecular flexibility index (Phi) is 5.41. The second-order valence-corrected chi connectivity index (χ2v) is 4.57. The van der Waals surface area contributed by atoms with Gasteiger partial charge in [-0.15, -0.1) is 0 Å². The van der Waals surface area contributed by atoms with E-state index in [0.717, 1.165) is 11.1 Å². The number of benzene rings is 1. The van der Waals surface area contributed by atoms with Crippen molar-refractivity contribution in [2.24, 2.45) is 5.10 Å². The maximum atomic E-state index is 11.7. The zero-order valence-corrected chi connectivity index (χ0v) is 11.9. The van der Waals surface area contributed by atoms with Gasteiger partial charge in [0, 0.05) is 18.8 Å². The van der Waals surface area contributed by atoms with E-state index < -0.39 is 0 Å². The van der Waals surface area contributed by atoms with E-state index in [-0.39, 0.29) is 5.91 Å². The molecule has 1 amide bonds. The maximum absolute atomic E-state index is 11.7. The summed E-state index contributed by atoms with van der Waals surface area (Å²) in [5.41, 5.74) is 5.13. The van der Waals surface area contributed by atoms with Gasteiger partial charge in [-0.05, 0) is 24.6 Å². The number of amides is 1. The molecule has 0 saturated carbocycles. The van der Waals surface area contributed by atoms with Gasteiger partial charge in [-0.3, -0.25) is 9.78 Å². The van der Waals surface area contributed by atoms with E-state index in [0.29, 0.717) is 12.1 Å². The first-order valence-corrected chi connectivity index (χ1v) is 6.71. The van der Waals surface area contributed by atoms with Crippen LogP contribution in [0.5, 0.6) is 0 Å². The molecule has 106 valence electrons. The molecule has 2 aromatic rings. The highest BCUT2D eigenvalue weighted by Gasteiger charge is 2.02. The standard InChI is InChI=1S/C17H17N3O/c1-14(13-15-7-3-2-4-8-15)10-12-19-20-17(21)16-9-5-6-11-18-16/h2-9,11-13H,10H2,1H3,(H,20,21). The Morgan fingerprint density at radius 3 is 2.67 bits per heavy atom. The molecule has 0 atom stereocenters. The number of carbonyl (C=O) groups is 1. The third-order valence-electron chi connectivity index (χ3n) is 2.78. The zero-order chi connectivity index (χ0) is 14.9. The summed E-state index contributed by atoms with van der Waals surface area (Å²) in [6.45, 7) is 2.03. The van der Waals surface area contributed by atoms with Gasteiger partial charge in [0.1, 0.15) is 5.69 Å². The summed E-state index contributed by atoms with van der Waals surface area (Å²) < 4.78 is 0. The average molecular weight is 279 g/mol. The molecule has 1 heterocycles. The Bertz CT molecular complexity index is 634. The quantitative estimate of drug-likeness (QED) is 0.674. The van der Waals surface area contributed by atoms with E-state index in [4.69, 9.17) is 0 Å². The fraction of sp³-hybridized carbons (Fsp3) is 0.118. The number of hydrogen-bond donors (Lipinski definition) is 1. The minimum atomic E-state index is -0.309. The van der Waals surface area contributed by atoms with Crippen molar-refractivity contribution in [1.82, 2.24) is 10.4 Å². The molecule has 0 aliphatic carbocycles. The molecule has 0 unspecified atom stereocenters. The van der Waals surface area contributed by atoms with Crippen LogP contribution in [0.4, 0.5) is 0 Å². The summed E-state index contributed by atoms with van der Waals surface area (Å²) in [5.74, 6) is -0.309. The largest absolute Gasteiger partial charge is 0.289 e. The van der Waals surface area contributed by atoms with Crippen molar-refractivity contribution in [3.8, 4) is 0 Å². The normalized spacial score (nSPS) is 11.6. The maximum Gasteiger partial charge on any atom is 0.289 e. The number of hydrogen-bond acceptors (Lipinski definition) is 3. The first-order valence-electron chi connectivity index (χ1n) is 6.71. The monoisotopic (exact) mass is 279 g/mol. The van der Waals surface area contributed by atoms with Crippen molar-refractivity contribution >= 4 is 18.2 Å². The molecule has 0 radical (unpaired) electrons. The highest BCUT2D eigenvalue weighted by Crippen LogP contribution is 2.07. The highest BCUT2D eigenvalue weighted by molar-refractivity contribution is 5.92. The van der Waals surface area contributed by atoms with Gasteiger partial charge in [-0.25, -0.2) is 5.43 Å². The molecule has 1 N–H and O–H groups in total. The van der Waals surface area contributed by atoms with Crippen LogP contribution >= 0.6 is 0 Å². The lowest BCUT2D eigenvalue weighted by Crippen LogP contribution is -2.18. The molecule has 0 bridgehead atoms.